The molecule has 0 saturated heterocycles. The van der Waals surface area contributed by atoms with Gasteiger partial charge in [0.15, 0.2) is 11.5 Å². The van der Waals surface area contributed by atoms with Gasteiger partial charge in [0.25, 0.3) is 0 Å². The van der Waals surface area contributed by atoms with Crippen LogP contribution < -0.4 is 14.8 Å². The number of nitrogens with zero attached hydrogens (tertiary/aromatic N) is 1. The van der Waals surface area contributed by atoms with Crippen LogP contribution in [0.25, 0.3) is 6.08 Å². The van der Waals surface area contributed by atoms with Crippen LogP contribution in [0.2, 0.25) is 0 Å². The highest BCUT2D eigenvalue weighted by Gasteiger charge is 2.23. The van der Waals surface area contributed by atoms with Crippen molar-refractivity contribution in [3.8, 4) is 11.5 Å². The van der Waals surface area contributed by atoms with Crippen molar-refractivity contribution in [2.75, 3.05) is 18.7 Å². The molecule has 1 amide bonds. The van der Waals surface area contributed by atoms with Crippen molar-refractivity contribution in [3.05, 3.63) is 95.4 Å². The van der Waals surface area contributed by atoms with Crippen molar-refractivity contribution in [1.29, 1.82) is 0 Å². The minimum Gasteiger partial charge on any atom is -0.454 e. The number of benzene rings is 3. The Morgan fingerprint density at radius 3 is 2.38 bits per heavy atom. The van der Waals surface area contributed by atoms with E-state index in [1.54, 1.807) is 30.3 Å². The SMILES string of the molecule is O=C(CN(Cc1ccccc1)S(=O)(=O)/C=C/c1ccccc1)Nc1ccc2c(c1)OCO2. The summed E-state index contributed by atoms with van der Waals surface area (Å²) in [6.07, 6.45) is 1.52. The van der Waals surface area contributed by atoms with Gasteiger partial charge in [0.1, 0.15) is 0 Å². The van der Waals surface area contributed by atoms with Crippen molar-refractivity contribution in [1.82, 2.24) is 4.31 Å². The fraction of sp³-hybridized carbons (Fsp3) is 0.125. The van der Waals surface area contributed by atoms with Gasteiger partial charge < -0.3 is 14.8 Å². The number of rotatable bonds is 8. The van der Waals surface area contributed by atoms with Crippen molar-refractivity contribution in [2.24, 2.45) is 0 Å². The van der Waals surface area contributed by atoms with Crippen LogP contribution in [-0.4, -0.2) is 32.0 Å². The van der Waals surface area contributed by atoms with E-state index in [1.165, 1.54) is 6.08 Å². The number of carbonyl (C=O) groups is 1. The lowest BCUT2D eigenvalue weighted by molar-refractivity contribution is -0.116. The van der Waals surface area contributed by atoms with Crippen LogP contribution in [-0.2, 0) is 21.4 Å². The number of amides is 1. The molecule has 0 fully saturated rings. The molecule has 0 spiro atoms. The Morgan fingerprint density at radius 2 is 1.62 bits per heavy atom. The van der Waals surface area contributed by atoms with E-state index in [9.17, 15) is 13.2 Å². The summed E-state index contributed by atoms with van der Waals surface area (Å²) in [6, 6.07) is 23.3. The predicted octanol–water partition coefficient (Wildman–Crippen LogP) is 3.86. The van der Waals surface area contributed by atoms with E-state index in [4.69, 9.17) is 9.47 Å². The molecule has 0 aromatic heterocycles. The quantitative estimate of drug-likeness (QED) is 0.563. The highest BCUT2D eigenvalue weighted by atomic mass is 32.2. The van der Waals surface area contributed by atoms with Gasteiger partial charge in [-0.15, -0.1) is 0 Å². The zero-order valence-corrected chi connectivity index (χ0v) is 18.0. The Kier molecular flexibility index (Phi) is 6.53. The largest absolute Gasteiger partial charge is 0.454 e. The number of sulfonamides is 1. The second-order valence-corrected chi connectivity index (χ2v) is 8.95. The Balaban J connectivity index is 1.52. The molecule has 0 saturated carbocycles. The van der Waals surface area contributed by atoms with E-state index >= 15 is 0 Å². The molecule has 8 heteroatoms. The normalized spacial score (nSPS) is 12.9. The maximum atomic E-state index is 13.1. The molecular formula is C24H22N2O5S. The van der Waals surface area contributed by atoms with Gasteiger partial charge in [0, 0.05) is 23.7 Å². The Bertz CT molecular complexity index is 1210. The first-order valence-corrected chi connectivity index (χ1v) is 11.5. The van der Waals surface area contributed by atoms with Crippen LogP contribution in [0, 0.1) is 0 Å². The minimum absolute atomic E-state index is 0.0663. The molecule has 0 aliphatic carbocycles. The molecule has 0 unspecified atom stereocenters. The molecule has 7 nitrogen and oxygen atoms in total. The van der Waals surface area contributed by atoms with E-state index < -0.39 is 15.9 Å². The van der Waals surface area contributed by atoms with E-state index in [0.29, 0.717) is 17.2 Å². The van der Waals surface area contributed by atoms with Gasteiger partial charge in [0.05, 0.1) is 6.54 Å². The summed E-state index contributed by atoms with van der Waals surface area (Å²) in [7, 11) is -3.87. The second kappa shape index (κ2) is 9.67. The van der Waals surface area contributed by atoms with E-state index in [2.05, 4.69) is 5.32 Å². The number of nitrogens with one attached hydrogen (secondary N) is 1. The van der Waals surface area contributed by atoms with Crippen LogP contribution in [0.3, 0.4) is 0 Å². The summed E-state index contributed by atoms with van der Waals surface area (Å²) in [4.78, 5) is 12.7. The third kappa shape index (κ3) is 5.54. The number of hydrogen-bond acceptors (Lipinski definition) is 5. The summed E-state index contributed by atoms with van der Waals surface area (Å²) in [5.74, 6) is 0.668. The lowest BCUT2D eigenvalue weighted by atomic mass is 10.2. The molecule has 0 atom stereocenters. The molecule has 3 aromatic carbocycles. The van der Waals surface area contributed by atoms with Crippen molar-refractivity contribution >= 4 is 27.7 Å². The monoisotopic (exact) mass is 450 g/mol. The summed E-state index contributed by atoms with van der Waals surface area (Å²) in [6.45, 7) is -0.148. The summed E-state index contributed by atoms with van der Waals surface area (Å²) >= 11 is 0. The standard InChI is InChI=1S/C24H22N2O5S/c27-24(25-21-11-12-22-23(15-21)31-18-30-22)17-26(16-20-9-5-2-6-10-20)32(28,29)14-13-19-7-3-1-4-8-19/h1-15H,16-18H2,(H,25,27)/b14-13+. The van der Waals surface area contributed by atoms with E-state index in [0.717, 1.165) is 20.8 Å². The minimum atomic E-state index is -3.87. The molecule has 164 valence electrons. The van der Waals surface area contributed by atoms with Crippen LogP contribution in [0.5, 0.6) is 11.5 Å². The lowest BCUT2D eigenvalue weighted by Crippen LogP contribution is -2.36. The Labute approximate surface area is 186 Å². The van der Waals surface area contributed by atoms with Crippen LogP contribution in [0.1, 0.15) is 11.1 Å². The fourth-order valence-electron chi connectivity index (χ4n) is 3.17. The van der Waals surface area contributed by atoms with Gasteiger partial charge >= 0.3 is 0 Å². The third-order valence-electron chi connectivity index (χ3n) is 4.77. The van der Waals surface area contributed by atoms with Crippen molar-refractivity contribution in [2.45, 2.75) is 6.54 Å². The molecule has 1 heterocycles. The topological polar surface area (TPSA) is 84.9 Å². The highest BCUT2D eigenvalue weighted by Crippen LogP contribution is 2.34. The molecule has 1 aliphatic rings. The Morgan fingerprint density at radius 1 is 0.938 bits per heavy atom. The van der Waals surface area contributed by atoms with Gasteiger partial charge in [-0.1, -0.05) is 60.7 Å². The fourth-order valence-corrected chi connectivity index (χ4v) is 4.30. The first-order chi connectivity index (χ1) is 15.5. The van der Waals surface area contributed by atoms with Gasteiger partial charge in [-0.25, -0.2) is 8.42 Å². The summed E-state index contributed by atoms with van der Waals surface area (Å²) in [5, 5.41) is 3.85. The van der Waals surface area contributed by atoms with Gasteiger partial charge in [-0.05, 0) is 29.3 Å². The van der Waals surface area contributed by atoms with Crippen molar-refractivity contribution < 1.29 is 22.7 Å². The average Bonchev–Trinajstić information content (AvgIpc) is 3.27. The predicted molar refractivity (Wildman–Crippen MR) is 122 cm³/mol. The summed E-state index contributed by atoms with van der Waals surface area (Å²) < 4.78 is 37.9. The van der Waals surface area contributed by atoms with Crippen LogP contribution >= 0.6 is 0 Å². The molecule has 0 bridgehead atoms. The molecule has 1 aliphatic heterocycles. The number of anilines is 1. The maximum absolute atomic E-state index is 13.1. The number of hydrogen-bond donors (Lipinski definition) is 1. The number of carbonyl (C=O) groups excluding carboxylic acids is 1. The molecule has 4 rings (SSSR count). The highest BCUT2D eigenvalue weighted by molar-refractivity contribution is 7.92. The molecule has 0 radical (unpaired) electrons. The van der Waals surface area contributed by atoms with Crippen LogP contribution in [0.4, 0.5) is 5.69 Å². The van der Waals surface area contributed by atoms with Crippen LogP contribution in [0.15, 0.2) is 84.3 Å². The van der Waals surface area contributed by atoms with Gasteiger partial charge in [0.2, 0.25) is 22.7 Å². The molecule has 1 N–H and O–H groups in total. The average molecular weight is 451 g/mol. The van der Waals surface area contributed by atoms with E-state index in [-0.39, 0.29) is 19.9 Å². The van der Waals surface area contributed by atoms with Gasteiger partial charge in [-0.2, -0.15) is 4.31 Å². The zero-order valence-electron chi connectivity index (χ0n) is 17.2. The number of fused-ring (bicyclic) bond motifs is 1. The summed E-state index contributed by atoms with van der Waals surface area (Å²) in [5.41, 5.74) is 2.02. The third-order valence-corrected chi connectivity index (χ3v) is 6.23. The zero-order chi connectivity index (χ0) is 22.4. The van der Waals surface area contributed by atoms with Crippen molar-refractivity contribution in [3.63, 3.8) is 0 Å². The smallest absolute Gasteiger partial charge is 0.239 e. The first-order valence-electron chi connectivity index (χ1n) is 9.96. The molecule has 32 heavy (non-hydrogen) atoms. The van der Waals surface area contributed by atoms with E-state index in [1.807, 2.05) is 48.5 Å². The Hall–Kier alpha value is -3.62. The van der Waals surface area contributed by atoms with Gasteiger partial charge in [-0.3, -0.25) is 4.79 Å². The number of ether oxygens (including phenoxy) is 2. The molecular weight excluding hydrogens is 428 g/mol. The lowest BCUT2D eigenvalue weighted by Gasteiger charge is -2.20. The molecule has 3 aromatic rings. The maximum Gasteiger partial charge on any atom is 0.239 e. The second-order valence-electron chi connectivity index (χ2n) is 7.13. The first kappa shape index (κ1) is 21.6.